The van der Waals surface area contributed by atoms with Gasteiger partial charge in [-0.2, -0.15) is 5.26 Å². The normalized spacial score (nSPS) is 25.7. The molecule has 5 heteroatoms. The van der Waals surface area contributed by atoms with Crippen LogP contribution >= 0.6 is 0 Å². The van der Waals surface area contributed by atoms with Gasteiger partial charge in [-0.25, -0.2) is 0 Å². The molecule has 25 heavy (non-hydrogen) atoms. The second-order valence-corrected chi connectivity index (χ2v) is 6.65. The maximum absolute atomic E-state index is 12.3. The molecule has 0 radical (unpaired) electrons. The van der Waals surface area contributed by atoms with Gasteiger partial charge in [-0.15, -0.1) is 0 Å². The number of allylic oxidation sites excluding steroid dienone is 2. The third-order valence-corrected chi connectivity index (χ3v) is 5.24. The minimum absolute atomic E-state index is 0.0752. The van der Waals surface area contributed by atoms with Gasteiger partial charge in [-0.3, -0.25) is 4.79 Å². The van der Waals surface area contributed by atoms with Crippen molar-refractivity contribution in [1.29, 1.82) is 5.26 Å². The molecule has 1 amide bonds. The molecule has 1 aliphatic carbocycles. The van der Waals surface area contributed by atoms with Crippen LogP contribution in [0.15, 0.2) is 30.3 Å². The Bertz CT molecular complexity index is 707. The Morgan fingerprint density at radius 3 is 2.84 bits per heavy atom. The molecule has 1 aliphatic heterocycles. The van der Waals surface area contributed by atoms with Gasteiger partial charge in [0.05, 0.1) is 18.7 Å². The Morgan fingerprint density at radius 1 is 1.40 bits per heavy atom. The molecular formula is C20H24N2O3. The molecule has 2 aliphatic rings. The third kappa shape index (κ3) is 3.20. The van der Waals surface area contributed by atoms with Crippen LogP contribution in [0.25, 0.3) is 5.57 Å². The first kappa shape index (κ1) is 17.7. The highest BCUT2D eigenvalue weighted by molar-refractivity contribution is 5.81. The molecule has 1 aromatic rings. The Kier molecular flexibility index (Phi) is 5.52. The Balaban J connectivity index is 1.95. The summed E-state index contributed by atoms with van der Waals surface area (Å²) in [7, 11) is 1.45. The van der Waals surface area contributed by atoms with E-state index in [9.17, 15) is 15.2 Å². The molecule has 0 aromatic heterocycles. The fourth-order valence-electron chi connectivity index (χ4n) is 4.08. The molecule has 0 spiro atoms. The lowest BCUT2D eigenvalue weighted by Crippen LogP contribution is -2.66. The highest BCUT2D eigenvalue weighted by Crippen LogP contribution is 2.44. The number of carbonyl (C=O) groups excluding carboxylic acids is 1. The number of methoxy groups -OCH3 is 1. The summed E-state index contributed by atoms with van der Waals surface area (Å²) in [6, 6.07) is 9.40. The molecule has 0 unspecified atom stereocenters. The number of aliphatic hydroxyl groups is 1. The average Bonchev–Trinajstić information content (AvgIpc) is 2.63. The topological polar surface area (TPSA) is 73.6 Å². The van der Waals surface area contributed by atoms with Crippen LogP contribution in [0.1, 0.15) is 42.7 Å². The summed E-state index contributed by atoms with van der Waals surface area (Å²) in [6.07, 6.45) is 6.79. The minimum atomic E-state index is -0.565. The summed E-state index contributed by atoms with van der Waals surface area (Å²) in [5, 5.41) is 19.5. The lowest BCUT2D eigenvalue weighted by Gasteiger charge is -2.52. The van der Waals surface area contributed by atoms with Crippen molar-refractivity contribution in [3.63, 3.8) is 0 Å². The van der Waals surface area contributed by atoms with Gasteiger partial charge in [0, 0.05) is 13.0 Å². The van der Waals surface area contributed by atoms with Gasteiger partial charge in [0.2, 0.25) is 5.91 Å². The number of hydrogen-bond acceptors (Lipinski definition) is 4. The van der Waals surface area contributed by atoms with Gasteiger partial charge in [0.25, 0.3) is 0 Å². The number of nitriles is 1. The maximum atomic E-state index is 12.3. The third-order valence-electron chi connectivity index (χ3n) is 5.24. The minimum Gasteiger partial charge on any atom is -0.394 e. The molecule has 1 N–H and O–H groups in total. The van der Waals surface area contributed by atoms with Crippen LogP contribution in [-0.2, 0) is 9.53 Å². The molecule has 3 rings (SSSR count). The van der Waals surface area contributed by atoms with E-state index < -0.39 is 6.04 Å². The summed E-state index contributed by atoms with van der Waals surface area (Å²) in [5.74, 6) is -0.423. The lowest BCUT2D eigenvalue weighted by atomic mass is 9.72. The molecule has 0 bridgehead atoms. The monoisotopic (exact) mass is 340 g/mol. The number of nitrogens with zero attached hydrogens (tertiary/aromatic N) is 2. The van der Waals surface area contributed by atoms with Gasteiger partial charge in [-0.1, -0.05) is 30.3 Å². The van der Waals surface area contributed by atoms with Crippen LogP contribution < -0.4 is 0 Å². The maximum Gasteiger partial charge on any atom is 0.249 e. The fourth-order valence-corrected chi connectivity index (χ4v) is 4.08. The first-order valence-electron chi connectivity index (χ1n) is 8.81. The van der Waals surface area contributed by atoms with Crippen molar-refractivity contribution < 1.29 is 14.6 Å². The van der Waals surface area contributed by atoms with Crippen molar-refractivity contribution >= 4 is 11.5 Å². The van der Waals surface area contributed by atoms with E-state index in [1.54, 1.807) is 0 Å². The highest BCUT2D eigenvalue weighted by Gasteiger charge is 2.52. The number of hydrogen-bond donors (Lipinski definition) is 1. The molecule has 0 saturated carbocycles. The zero-order valence-corrected chi connectivity index (χ0v) is 14.5. The van der Waals surface area contributed by atoms with E-state index >= 15 is 0 Å². The van der Waals surface area contributed by atoms with Gasteiger partial charge in [-0.05, 0) is 42.4 Å². The van der Waals surface area contributed by atoms with Crippen LogP contribution in [0.3, 0.4) is 0 Å². The van der Waals surface area contributed by atoms with Crippen LogP contribution in [0.5, 0.6) is 0 Å². The molecule has 1 saturated heterocycles. The number of benzene rings is 1. The molecule has 3 atom stereocenters. The predicted octanol–water partition coefficient (Wildman–Crippen LogP) is 2.47. The Morgan fingerprint density at radius 2 is 2.20 bits per heavy atom. The molecule has 1 aromatic carbocycles. The summed E-state index contributed by atoms with van der Waals surface area (Å²) in [4.78, 5) is 13.7. The summed E-state index contributed by atoms with van der Waals surface area (Å²) in [6.45, 7) is -0.236. The van der Waals surface area contributed by atoms with Gasteiger partial charge >= 0.3 is 0 Å². The summed E-state index contributed by atoms with van der Waals surface area (Å²) in [5.41, 5.74) is 3.53. The summed E-state index contributed by atoms with van der Waals surface area (Å²) < 4.78 is 4.91. The van der Waals surface area contributed by atoms with Crippen molar-refractivity contribution in [3.8, 4) is 6.07 Å². The quantitative estimate of drug-likeness (QED) is 0.894. The number of carbonyl (C=O) groups is 1. The van der Waals surface area contributed by atoms with E-state index in [0.717, 1.165) is 24.0 Å². The number of rotatable bonds is 5. The average molecular weight is 340 g/mol. The molecule has 1 heterocycles. The van der Waals surface area contributed by atoms with E-state index in [0.29, 0.717) is 0 Å². The largest absolute Gasteiger partial charge is 0.394 e. The van der Waals surface area contributed by atoms with Crippen LogP contribution in [-0.4, -0.2) is 48.3 Å². The smallest absolute Gasteiger partial charge is 0.249 e. The molecular weight excluding hydrogens is 316 g/mol. The van der Waals surface area contributed by atoms with Crippen molar-refractivity contribution in [3.05, 3.63) is 41.5 Å². The number of aliphatic hydroxyl groups excluding tert-OH is 1. The highest BCUT2D eigenvalue weighted by atomic mass is 16.5. The van der Waals surface area contributed by atoms with Gasteiger partial charge in [0.1, 0.15) is 12.6 Å². The van der Waals surface area contributed by atoms with E-state index in [1.165, 1.54) is 30.4 Å². The Labute approximate surface area is 148 Å². The summed E-state index contributed by atoms with van der Waals surface area (Å²) >= 11 is 0. The van der Waals surface area contributed by atoms with E-state index in [4.69, 9.17) is 4.74 Å². The van der Waals surface area contributed by atoms with Crippen molar-refractivity contribution in [1.82, 2.24) is 4.90 Å². The van der Waals surface area contributed by atoms with Crippen LogP contribution in [0, 0.1) is 11.3 Å². The van der Waals surface area contributed by atoms with Crippen LogP contribution in [0.4, 0.5) is 0 Å². The fraction of sp³-hybridized carbons (Fsp3) is 0.500. The van der Waals surface area contributed by atoms with Crippen molar-refractivity contribution in [2.24, 2.45) is 0 Å². The van der Waals surface area contributed by atoms with E-state index in [1.807, 2.05) is 18.2 Å². The van der Waals surface area contributed by atoms with Gasteiger partial charge < -0.3 is 14.7 Å². The van der Waals surface area contributed by atoms with Gasteiger partial charge in [0.15, 0.2) is 0 Å². The standard InChI is InChI=1S/C20H24N2O3/c1-25-13-19(24)22-17(11-21)20(18(22)12-23)16-10-6-5-9-15(16)14-7-3-2-4-8-14/h5-7,9-10,17-18,20,23H,2-4,8,12-13H2,1H3/t17-,18+,20+/m1/s1. The van der Waals surface area contributed by atoms with Crippen molar-refractivity contribution in [2.75, 3.05) is 20.3 Å². The zero-order chi connectivity index (χ0) is 17.8. The first-order valence-corrected chi connectivity index (χ1v) is 8.81. The second-order valence-electron chi connectivity index (χ2n) is 6.65. The van der Waals surface area contributed by atoms with E-state index in [2.05, 4.69) is 18.2 Å². The number of ether oxygens (including phenoxy) is 1. The zero-order valence-electron chi connectivity index (χ0n) is 14.5. The van der Waals surface area contributed by atoms with Crippen LogP contribution in [0.2, 0.25) is 0 Å². The predicted molar refractivity (Wildman–Crippen MR) is 94.6 cm³/mol. The SMILES string of the molecule is COCC(=O)N1[C@H](C#N)[C@H](c2ccccc2C2=CCCCC2)[C@@H]1CO. The molecule has 1 fully saturated rings. The van der Waals surface area contributed by atoms with E-state index in [-0.39, 0.29) is 31.1 Å². The number of amides is 1. The second kappa shape index (κ2) is 7.81. The van der Waals surface area contributed by atoms with Crippen molar-refractivity contribution in [2.45, 2.75) is 43.7 Å². The lowest BCUT2D eigenvalue weighted by molar-refractivity contribution is -0.150. The molecule has 5 nitrogen and oxygen atoms in total. The number of likely N-dealkylation sites (tertiary alicyclic amines) is 1. The Hall–Kier alpha value is -2.16. The molecule has 132 valence electrons. The first-order chi connectivity index (χ1) is 12.2.